The first-order valence-electron chi connectivity index (χ1n) is 10.1. The largest absolute Gasteiger partial charge is 0.484 e. The molecule has 6 nitrogen and oxygen atoms in total. The number of anilines is 2. The summed E-state index contributed by atoms with van der Waals surface area (Å²) in [6, 6.07) is 17.6. The van der Waals surface area contributed by atoms with Gasteiger partial charge in [-0.2, -0.15) is 13.2 Å². The van der Waals surface area contributed by atoms with E-state index in [4.69, 9.17) is 4.74 Å². The molecule has 0 atom stereocenters. The lowest BCUT2D eigenvalue weighted by Crippen LogP contribution is -2.20. The zero-order valence-electron chi connectivity index (χ0n) is 17.8. The van der Waals surface area contributed by atoms with Crippen LogP contribution < -0.4 is 15.4 Å². The maximum atomic E-state index is 13.0. The van der Waals surface area contributed by atoms with E-state index in [1.807, 2.05) is 6.07 Å². The number of hydrogen-bond donors (Lipinski definition) is 2. The van der Waals surface area contributed by atoms with E-state index in [1.54, 1.807) is 55.5 Å². The lowest BCUT2D eigenvalue weighted by atomic mass is 10.1. The maximum absolute atomic E-state index is 13.0. The van der Waals surface area contributed by atoms with Crippen molar-refractivity contribution in [3.63, 3.8) is 0 Å². The number of amides is 2. The molecular weight excluding hydrogens is 467 g/mol. The summed E-state index contributed by atoms with van der Waals surface area (Å²) in [6.07, 6.45) is -4.56. The number of ether oxygens (including phenoxy) is 1. The smallest absolute Gasteiger partial charge is 0.433 e. The Balaban J connectivity index is 1.43. The summed E-state index contributed by atoms with van der Waals surface area (Å²) in [5, 5.41) is 5.91. The summed E-state index contributed by atoms with van der Waals surface area (Å²) in [4.78, 5) is 28.9. The van der Waals surface area contributed by atoms with E-state index in [1.165, 1.54) is 6.07 Å². The van der Waals surface area contributed by atoms with Crippen molar-refractivity contribution in [1.82, 2.24) is 4.98 Å². The molecule has 0 fully saturated rings. The Morgan fingerprint density at radius 1 is 0.971 bits per heavy atom. The standard InChI is InChI=1S/C24H18F3N3O3S/c1-14-18-10-11-19(24(25,26)27)30-23(18)34-21(14)22(32)29-16-8-5-9-17(12-16)33-13-20(31)28-15-6-3-2-4-7-15/h2-12H,13H2,1H3,(H,28,31)(H,29,32). The van der Waals surface area contributed by atoms with E-state index in [9.17, 15) is 22.8 Å². The third kappa shape index (κ3) is 5.34. The van der Waals surface area contributed by atoms with Gasteiger partial charge >= 0.3 is 6.18 Å². The highest BCUT2D eigenvalue weighted by Crippen LogP contribution is 2.34. The first kappa shape index (κ1) is 23.2. The van der Waals surface area contributed by atoms with Crippen molar-refractivity contribution in [1.29, 1.82) is 0 Å². The highest BCUT2D eigenvalue weighted by Gasteiger charge is 2.33. The van der Waals surface area contributed by atoms with Crippen LogP contribution in [0, 0.1) is 6.92 Å². The monoisotopic (exact) mass is 485 g/mol. The molecule has 0 aliphatic rings. The van der Waals surface area contributed by atoms with Gasteiger partial charge in [-0.25, -0.2) is 4.98 Å². The number of rotatable bonds is 6. The number of para-hydroxylation sites is 1. The highest BCUT2D eigenvalue weighted by molar-refractivity contribution is 7.20. The predicted molar refractivity (Wildman–Crippen MR) is 124 cm³/mol. The second-order valence-corrected chi connectivity index (χ2v) is 8.29. The normalized spacial score (nSPS) is 11.3. The van der Waals surface area contributed by atoms with Gasteiger partial charge in [0.15, 0.2) is 6.61 Å². The summed E-state index contributed by atoms with van der Waals surface area (Å²) < 4.78 is 44.4. The van der Waals surface area contributed by atoms with Gasteiger partial charge in [-0.05, 0) is 48.9 Å². The van der Waals surface area contributed by atoms with Crippen molar-refractivity contribution in [3.8, 4) is 5.75 Å². The second kappa shape index (κ2) is 9.52. The zero-order valence-corrected chi connectivity index (χ0v) is 18.6. The number of aryl methyl sites for hydroxylation is 1. The number of carbonyl (C=O) groups is 2. The SMILES string of the molecule is Cc1c(C(=O)Nc2cccc(OCC(=O)Nc3ccccc3)c2)sc2nc(C(F)(F)F)ccc12. The summed E-state index contributed by atoms with van der Waals surface area (Å²) in [7, 11) is 0. The van der Waals surface area contributed by atoms with Crippen LogP contribution in [0.25, 0.3) is 10.2 Å². The molecule has 4 aromatic rings. The van der Waals surface area contributed by atoms with Crippen molar-refractivity contribution >= 4 is 44.7 Å². The first-order valence-corrected chi connectivity index (χ1v) is 10.9. The molecule has 2 aromatic heterocycles. The van der Waals surface area contributed by atoms with E-state index >= 15 is 0 Å². The summed E-state index contributed by atoms with van der Waals surface area (Å²) >= 11 is 0.893. The Hall–Kier alpha value is -3.92. The van der Waals surface area contributed by atoms with Gasteiger partial charge in [0, 0.05) is 22.8 Å². The molecule has 0 bridgehead atoms. The average molecular weight is 485 g/mol. The molecule has 2 N–H and O–H groups in total. The molecule has 0 spiro atoms. The highest BCUT2D eigenvalue weighted by atomic mass is 32.1. The number of halogens is 3. The number of fused-ring (bicyclic) bond motifs is 1. The van der Waals surface area contributed by atoms with Crippen LogP contribution in [0.4, 0.5) is 24.5 Å². The van der Waals surface area contributed by atoms with Gasteiger partial charge in [-0.3, -0.25) is 9.59 Å². The molecule has 174 valence electrons. The Bertz CT molecular complexity index is 1350. The molecule has 0 radical (unpaired) electrons. The Labute approximate surface area is 196 Å². The number of aromatic nitrogens is 1. The predicted octanol–water partition coefficient (Wildman–Crippen LogP) is 5.89. The van der Waals surface area contributed by atoms with E-state index in [2.05, 4.69) is 15.6 Å². The average Bonchev–Trinajstić information content (AvgIpc) is 3.14. The van der Waals surface area contributed by atoms with Gasteiger partial charge in [0.2, 0.25) is 0 Å². The summed E-state index contributed by atoms with van der Waals surface area (Å²) in [5.41, 5.74) is 0.595. The number of hydrogen-bond acceptors (Lipinski definition) is 5. The molecule has 0 unspecified atom stereocenters. The number of pyridine rings is 1. The fourth-order valence-corrected chi connectivity index (χ4v) is 4.27. The van der Waals surface area contributed by atoms with Crippen LogP contribution in [0.15, 0.2) is 66.7 Å². The van der Waals surface area contributed by atoms with Crippen LogP contribution in [0.5, 0.6) is 5.75 Å². The fourth-order valence-electron chi connectivity index (χ4n) is 3.19. The van der Waals surface area contributed by atoms with Gasteiger partial charge in [-0.15, -0.1) is 11.3 Å². The molecule has 4 rings (SSSR count). The Morgan fingerprint density at radius 2 is 1.71 bits per heavy atom. The molecule has 0 saturated carbocycles. The maximum Gasteiger partial charge on any atom is 0.433 e. The van der Waals surface area contributed by atoms with Crippen molar-refractivity contribution in [2.45, 2.75) is 13.1 Å². The van der Waals surface area contributed by atoms with Gasteiger partial charge in [0.05, 0.1) is 4.88 Å². The second-order valence-electron chi connectivity index (χ2n) is 7.29. The quantitative estimate of drug-likeness (QED) is 0.357. The minimum absolute atomic E-state index is 0.138. The minimum Gasteiger partial charge on any atom is -0.484 e. The zero-order chi connectivity index (χ0) is 24.3. The molecule has 10 heteroatoms. The molecule has 34 heavy (non-hydrogen) atoms. The molecule has 2 heterocycles. The number of carbonyl (C=O) groups excluding carboxylic acids is 2. The lowest BCUT2D eigenvalue weighted by molar-refractivity contribution is -0.140. The Kier molecular flexibility index (Phi) is 6.51. The number of thiophene rings is 1. The van der Waals surface area contributed by atoms with Crippen LogP contribution in [0.2, 0.25) is 0 Å². The first-order chi connectivity index (χ1) is 16.2. The summed E-state index contributed by atoms with van der Waals surface area (Å²) in [6.45, 7) is 1.43. The third-order valence-electron chi connectivity index (χ3n) is 4.82. The van der Waals surface area contributed by atoms with Crippen molar-refractivity contribution in [3.05, 3.63) is 82.9 Å². The van der Waals surface area contributed by atoms with Gasteiger partial charge < -0.3 is 15.4 Å². The van der Waals surface area contributed by atoms with Gasteiger partial charge in [-0.1, -0.05) is 24.3 Å². The van der Waals surface area contributed by atoms with Crippen molar-refractivity contribution < 1.29 is 27.5 Å². The van der Waals surface area contributed by atoms with E-state index in [0.29, 0.717) is 28.1 Å². The van der Waals surface area contributed by atoms with E-state index < -0.39 is 17.8 Å². The lowest BCUT2D eigenvalue weighted by Gasteiger charge is -2.09. The molecule has 0 aliphatic carbocycles. The molecule has 0 aliphatic heterocycles. The van der Waals surface area contributed by atoms with Gasteiger partial charge in [0.1, 0.15) is 16.3 Å². The van der Waals surface area contributed by atoms with Crippen LogP contribution in [-0.2, 0) is 11.0 Å². The van der Waals surface area contributed by atoms with E-state index in [0.717, 1.165) is 17.4 Å². The molecule has 2 aromatic carbocycles. The Morgan fingerprint density at radius 3 is 2.44 bits per heavy atom. The minimum atomic E-state index is -4.56. The van der Waals surface area contributed by atoms with E-state index in [-0.39, 0.29) is 22.2 Å². The molecule has 2 amide bonds. The number of nitrogens with one attached hydrogen (secondary N) is 2. The fraction of sp³-hybridized carbons (Fsp3) is 0.125. The van der Waals surface area contributed by atoms with Crippen LogP contribution in [-0.4, -0.2) is 23.4 Å². The van der Waals surface area contributed by atoms with Crippen LogP contribution >= 0.6 is 11.3 Å². The van der Waals surface area contributed by atoms with Crippen molar-refractivity contribution in [2.24, 2.45) is 0 Å². The number of benzene rings is 2. The van der Waals surface area contributed by atoms with Crippen LogP contribution in [0.1, 0.15) is 20.9 Å². The third-order valence-corrected chi connectivity index (χ3v) is 6.02. The molecule has 0 saturated heterocycles. The van der Waals surface area contributed by atoms with Crippen LogP contribution in [0.3, 0.4) is 0 Å². The topological polar surface area (TPSA) is 80.3 Å². The number of alkyl halides is 3. The molecular formula is C24H18F3N3O3S. The summed E-state index contributed by atoms with van der Waals surface area (Å²) in [5.74, 6) is -0.453. The number of nitrogens with zero attached hydrogens (tertiary/aromatic N) is 1. The van der Waals surface area contributed by atoms with Crippen molar-refractivity contribution in [2.75, 3.05) is 17.2 Å². The van der Waals surface area contributed by atoms with Gasteiger partial charge in [0.25, 0.3) is 11.8 Å².